The van der Waals surface area contributed by atoms with Gasteiger partial charge in [-0.3, -0.25) is 0 Å². The zero-order valence-corrected chi connectivity index (χ0v) is 29.4. The van der Waals surface area contributed by atoms with Crippen LogP contribution in [0, 0.1) is 41.5 Å². The molecule has 0 atom stereocenters. The zero-order chi connectivity index (χ0) is 33.7. The number of hydrogen-bond acceptors (Lipinski definition) is 4. The molecule has 0 N–H and O–H groups in total. The number of aryl methyl sites for hydroxylation is 6. The van der Waals surface area contributed by atoms with Crippen LogP contribution in [0.1, 0.15) is 44.5 Å². The zero-order valence-electron chi connectivity index (χ0n) is 28.4. The van der Waals surface area contributed by atoms with Crippen LogP contribution in [0.5, 0.6) is 11.5 Å². The van der Waals surface area contributed by atoms with Crippen molar-refractivity contribution in [3.05, 3.63) is 154 Å². The molecule has 8 rings (SSSR count). The predicted molar refractivity (Wildman–Crippen MR) is 198 cm³/mol. The molecular weight excluding hydrogens is 647 g/mol. The molecule has 7 aromatic carbocycles. The van der Waals surface area contributed by atoms with Crippen molar-refractivity contribution in [2.75, 3.05) is 0 Å². The third-order valence-electron chi connectivity index (χ3n) is 9.20. The second-order valence-corrected chi connectivity index (χ2v) is 12.9. The number of benzene rings is 7. The Morgan fingerprint density at radius 2 is 0.776 bits per heavy atom. The standard InChI is InChI=1S/C30H28N2.C14H10O2.Ni/c1-17-13-19(3)27(20(4)14-17)31-29-24-11-7-9-23-10-8-12-25(26(23)24)30(29)32-28-21(5)15-18(2)16-22(28)6;15-13-11-7-3-1-5-9(11)10-6-2-4-8-12(10)14(13)16;/h7-16H,1-6H3;1-8,15-16H;/q;;+2/p-2. The van der Waals surface area contributed by atoms with Crippen LogP contribution in [0.3, 0.4) is 0 Å². The first-order valence-corrected chi connectivity index (χ1v) is 16.3. The van der Waals surface area contributed by atoms with Gasteiger partial charge in [-0.05, 0) is 90.7 Å². The van der Waals surface area contributed by atoms with Crippen molar-refractivity contribution in [3.8, 4) is 11.5 Å². The van der Waals surface area contributed by atoms with Gasteiger partial charge in [0.1, 0.15) is 0 Å². The molecule has 1 aliphatic carbocycles. The van der Waals surface area contributed by atoms with Crippen molar-refractivity contribution < 1.29 is 26.7 Å². The summed E-state index contributed by atoms with van der Waals surface area (Å²) in [7, 11) is 0. The second-order valence-electron chi connectivity index (χ2n) is 12.9. The van der Waals surface area contributed by atoms with Gasteiger partial charge in [0, 0.05) is 16.5 Å². The molecule has 7 aromatic rings. The summed E-state index contributed by atoms with van der Waals surface area (Å²) in [6.07, 6.45) is 0. The maximum absolute atomic E-state index is 11.8. The third-order valence-corrected chi connectivity index (χ3v) is 9.20. The fourth-order valence-corrected chi connectivity index (χ4v) is 7.21. The SMILES string of the molecule is Cc1cc(C)c(N=C2C(=Nc3c(C)cc(C)cc3C)c3cccc4cccc2c34)c(C)c1.[Ni+2].[O-]c1c([O-])c2ccccc2c2ccccc12. The molecule has 49 heavy (non-hydrogen) atoms. The smallest absolute Gasteiger partial charge is 0.872 e. The second kappa shape index (κ2) is 13.3. The largest absolute Gasteiger partial charge is 2.00 e. The minimum Gasteiger partial charge on any atom is -0.872 e. The van der Waals surface area contributed by atoms with Crippen molar-refractivity contribution in [1.82, 2.24) is 0 Å². The Morgan fingerprint density at radius 3 is 1.14 bits per heavy atom. The van der Waals surface area contributed by atoms with Gasteiger partial charge in [0.05, 0.1) is 22.8 Å². The summed E-state index contributed by atoms with van der Waals surface area (Å²) in [6, 6.07) is 36.2. The van der Waals surface area contributed by atoms with E-state index in [0.29, 0.717) is 10.8 Å². The topological polar surface area (TPSA) is 70.8 Å². The molecule has 4 nitrogen and oxygen atoms in total. The van der Waals surface area contributed by atoms with Crippen molar-refractivity contribution in [2.24, 2.45) is 9.98 Å². The van der Waals surface area contributed by atoms with E-state index in [1.54, 1.807) is 24.3 Å². The Morgan fingerprint density at radius 1 is 0.429 bits per heavy atom. The van der Waals surface area contributed by atoms with Crippen LogP contribution in [-0.4, -0.2) is 11.4 Å². The van der Waals surface area contributed by atoms with Gasteiger partial charge in [-0.1, -0.05) is 120 Å². The molecule has 0 unspecified atom stereocenters. The van der Waals surface area contributed by atoms with E-state index in [2.05, 4.69) is 102 Å². The molecule has 1 aliphatic rings. The van der Waals surface area contributed by atoms with Gasteiger partial charge < -0.3 is 10.2 Å². The van der Waals surface area contributed by atoms with Gasteiger partial charge in [0.2, 0.25) is 0 Å². The van der Waals surface area contributed by atoms with Crippen LogP contribution in [0.4, 0.5) is 11.4 Å². The number of hydrogen-bond donors (Lipinski definition) is 0. The predicted octanol–water partition coefficient (Wildman–Crippen LogP) is 10.1. The normalized spacial score (nSPS) is 13.6. The van der Waals surface area contributed by atoms with Gasteiger partial charge in [0.15, 0.2) is 0 Å². The molecule has 0 saturated carbocycles. The van der Waals surface area contributed by atoms with Crippen molar-refractivity contribution in [3.63, 3.8) is 0 Å². The monoisotopic (exact) mass is 682 g/mol. The van der Waals surface area contributed by atoms with Crippen LogP contribution in [0.15, 0.2) is 119 Å². The molecule has 0 bridgehead atoms. The molecule has 244 valence electrons. The first-order chi connectivity index (χ1) is 23.1. The van der Waals surface area contributed by atoms with E-state index in [4.69, 9.17) is 9.98 Å². The van der Waals surface area contributed by atoms with Crippen molar-refractivity contribution >= 4 is 55.1 Å². The maximum atomic E-state index is 11.8. The Balaban J connectivity index is 0.000000205. The Labute approximate surface area is 297 Å². The number of nitrogens with zero attached hydrogens (tertiary/aromatic N) is 2. The van der Waals surface area contributed by atoms with Crippen LogP contribution in [-0.2, 0) is 16.5 Å². The van der Waals surface area contributed by atoms with E-state index in [9.17, 15) is 10.2 Å². The van der Waals surface area contributed by atoms with Crippen molar-refractivity contribution in [2.45, 2.75) is 41.5 Å². The fraction of sp³-hybridized carbons (Fsp3) is 0.136. The van der Waals surface area contributed by atoms with Gasteiger partial charge >= 0.3 is 16.5 Å². The van der Waals surface area contributed by atoms with Crippen molar-refractivity contribution in [1.29, 1.82) is 0 Å². The summed E-state index contributed by atoms with van der Waals surface area (Å²) >= 11 is 0. The summed E-state index contributed by atoms with van der Waals surface area (Å²) in [4.78, 5) is 10.6. The molecule has 0 fully saturated rings. The molecule has 0 radical (unpaired) electrons. The van der Waals surface area contributed by atoms with Crippen LogP contribution >= 0.6 is 0 Å². The quantitative estimate of drug-likeness (QED) is 0.134. The van der Waals surface area contributed by atoms with E-state index < -0.39 is 11.5 Å². The molecule has 0 heterocycles. The molecule has 5 heteroatoms. The molecular formula is C44H36N2NiO2. The molecule has 0 amide bonds. The van der Waals surface area contributed by atoms with E-state index >= 15 is 0 Å². The van der Waals surface area contributed by atoms with Crippen LogP contribution in [0.2, 0.25) is 0 Å². The van der Waals surface area contributed by atoms with E-state index in [0.717, 1.165) is 33.6 Å². The Hall–Kier alpha value is -5.25. The third kappa shape index (κ3) is 6.00. The first kappa shape index (κ1) is 33.6. The average Bonchev–Trinajstić information content (AvgIpc) is 3.36. The summed E-state index contributed by atoms with van der Waals surface area (Å²) in [5, 5.41) is 28.8. The molecule has 0 aromatic heterocycles. The first-order valence-electron chi connectivity index (χ1n) is 16.3. The van der Waals surface area contributed by atoms with E-state index in [1.165, 1.54) is 55.3 Å². The van der Waals surface area contributed by atoms with Gasteiger partial charge in [-0.2, -0.15) is 0 Å². The van der Waals surface area contributed by atoms with Gasteiger partial charge in [0.25, 0.3) is 0 Å². The Bertz CT molecular complexity index is 2280. The van der Waals surface area contributed by atoms with Crippen LogP contribution < -0.4 is 10.2 Å². The summed E-state index contributed by atoms with van der Waals surface area (Å²) < 4.78 is 0. The average molecular weight is 683 g/mol. The number of fused-ring (bicyclic) bond motifs is 3. The summed E-state index contributed by atoms with van der Waals surface area (Å²) in [6.45, 7) is 12.9. The summed E-state index contributed by atoms with van der Waals surface area (Å²) in [5.74, 6) is -0.816. The Kier molecular flexibility index (Phi) is 9.16. The molecule has 0 aliphatic heterocycles. The summed E-state index contributed by atoms with van der Waals surface area (Å²) in [5.41, 5.74) is 13.7. The van der Waals surface area contributed by atoms with Crippen LogP contribution in [0.25, 0.3) is 32.3 Å². The number of rotatable bonds is 2. The number of aliphatic imine (C=N–C) groups is 2. The molecule has 0 saturated heterocycles. The molecule has 0 spiro atoms. The maximum Gasteiger partial charge on any atom is 2.00 e. The van der Waals surface area contributed by atoms with Gasteiger partial charge in [-0.25, -0.2) is 9.98 Å². The van der Waals surface area contributed by atoms with Gasteiger partial charge in [-0.15, -0.1) is 11.5 Å². The minimum atomic E-state index is -0.408. The van der Waals surface area contributed by atoms with E-state index in [-0.39, 0.29) is 16.5 Å². The minimum absolute atomic E-state index is 0. The van der Waals surface area contributed by atoms with E-state index in [1.807, 2.05) is 24.3 Å². The fourth-order valence-electron chi connectivity index (χ4n) is 7.21.